The lowest BCUT2D eigenvalue weighted by molar-refractivity contribution is -0.384. The Hall–Kier alpha value is -3.65. The second-order valence-corrected chi connectivity index (χ2v) is 9.06. The number of hydrogen-bond donors (Lipinski definition) is 0. The van der Waals surface area contributed by atoms with Gasteiger partial charge in [0.25, 0.3) is 11.6 Å². The molecule has 1 aliphatic rings. The first-order chi connectivity index (χ1) is 16.8. The van der Waals surface area contributed by atoms with Gasteiger partial charge < -0.3 is 14.5 Å². The second kappa shape index (κ2) is 10.3. The Bertz CT molecular complexity index is 1290. The smallest absolute Gasteiger partial charge is 0.269 e. The first-order valence-corrected chi connectivity index (χ1v) is 11.7. The molecule has 0 bridgehead atoms. The molecule has 0 aliphatic carbocycles. The molecule has 0 N–H and O–H groups in total. The van der Waals surface area contributed by atoms with Crippen LogP contribution in [0.25, 0.3) is 10.8 Å². The van der Waals surface area contributed by atoms with E-state index in [1.807, 2.05) is 24.3 Å². The van der Waals surface area contributed by atoms with E-state index in [1.54, 1.807) is 36.1 Å². The number of piperidine rings is 1. The molecule has 0 atom stereocenters. The average molecular weight is 496 g/mol. The number of halogens is 1. The summed E-state index contributed by atoms with van der Waals surface area (Å²) in [5, 5.41) is 13.2. The topological polar surface area (TPSA) is 93.0 Å². The number of amides is 2. The molecular weight excluding hydrogens is 470 g/mol. The number of ether oxygens (including phenoxy) is 1. The number of non-ortho nitro benzene ring substituents is 1. The van der Waals surface area contributed by atoms with Gasteiger partial charge in [-0.15, -0.1) is 0 Å². The van der Waals surface area contributed by atoms with Gasteiger partial charge in [0.2, 0.25) is 5.91 Å². The van der Waals surface area contributed by atoms with Crippen molar-refractivity contribution in [1.82, 2.24) is 9.80 Å². The summed E-state index contributed by atoms with van der Waals surface area (Å²) >= 11 is 6.20. The number of hydrogen-bond acceptors (Lipinski definition) is 5. The fourth-order valence-electron chi connectivity index (χ4n) is 4.58. The van der Waals surface area contributed by atoms with Crippen LogP contribution in [0.4, 0.5) is 5.69 Å². The van der Waals surface area contributed by atoms with E-state index in [1.165, 1.54) is 18.2 Å². The van der Waals surface area contributed by atoms with E-state index in [9.17, 15) is 19.7 Å². The van der Waals surface area contributed by atoms with E-state index in [4.69, 9.17) is 16.3 Å². The standard InChI is InChI=1S/C26H26ClN3O5/c1-28(16-18-15-19(30(33)34)7-9-23(18)27)25(31)17-11-13-29(14-12-17)26(32)22-8-10-24(35-2)21-6-4-3-5-20(21)22/h3-10,15,17H,11-14,16H2,1-2H3. The molecule has 9 heteroatoms. The number of fused-ring (bicyclic) bond motifs is 1. The van der Waals surface area contributed by atoms with E-state index in [2.05, 4.69) is 0 Å². The second-order valence-electron chi connectivity index (χ2n) is 8.65. The predicted octanol–water partition coefficient (Wildman–Crippen LogP) is 4.92. The Balaban J connectivity index is 1.41. The van der Waals surface area contributed by atoms with Crippen LogP contribution < -0.4 is 4.74 Å². The number of benzene rings is 3. The van der Waals surface area contributed by atoms with Crippen molar-refractivity contribution in [2.45, 2.75) is 19.4 Å². The van der Waals surface area contributed by atoms with Crippen molar-refractivity contribution in [3.8, 4) is 5.75 Å². The van der Waals surface area contributed by atoms with Crippen LogP contribution in [0.5, 0.6) is 5.75 Å². The van der Waals surface area contributed by atoms with Crippen LogP contribution in [-0.4, -0.2) is 53.8 Å². The maximum Gasteiger partial charge on any atom is 0.269 e. The third-order valence-electron chi connectivity index (χ3n) is 6.49. The molecule has 3 aromatic rings. The lowest BCUT2D eigenvalue weighted by atomic mass is 9.94. The Morgan fingerprint density at radius 3 is 2.46 bits per heavy atom. The van der Waals surface area contributed by atoms with Gasteiger partial charge in [0.05, 0.1) is 12.0 Å². The normalized spacial score (nSPS) is 14.1. The maximum atomic E-state index is 13.3. The molecule has 1 fully saturated rings. The summed E-state index contributed by atoms with van der Waals surface area (Å²) in [6, 6.07) is 15.4. The van der Waals surface area contributed by atoms with Crippen LogP contribution in [0.15, 0.2) is 54.6 Å². The van der Waals surface area contributed by atoms with Gasteiger partial charge in [-0.25, -0.2) is 0 Å². The van der Waals surface area contributed by atoms with Crippen molar-refractivity contribution in [1.29, 1.82) is 0 Å². The summed E-state index contributed by atoms with van der Waals surface area (Å²) in [6.45, 7) is 1.12. The van der Waals surface area contributed by atoms with Crippen LogP contribution in [0.3, 0.4) is 0 Å². The summed E-state index contributed by atoms with van der Waals surface area (Å²) in [6.07, 6.45) is 1.09. The third kappa shape index (κ3) is 5.07. The number of nitro benzene ring substituents is 1. The first kappa shape index (κ1) is 24.5. The van der Waals surface area contributed by atoms with Gasteiger partial charge in [-0.1, -0.05) is 35.9 Å². The van der Waals surface area contributed by atoms with Crippen molar-refractivity contribution in [3.63, 3.8) is 0 Å². The van der Waals surface area contributed by atoms with Crippen molar-refractivity contribution in [2.75, 3.05) is 27.2 Å². The van der Waals surface area contributed by atoms with Crippen LogP contribution >= 0.6 is 11.6 Å². The highest BCUT2D eigenvalue weighted by atomic mass is 35.5. The molecule has 0 aromatic heterocycles. The fraction of sp³-hybridized carbons (Fsp3) is 0.308. The van der Waals surface area contributed by atoms with Crippen molar-refractivity contribution in [2.24, 2.45) is 5.92 Å². The molecule has 2 amide bonds. The van der Waals surface area contributed by atoms with Crippen molar-refractivity contribution < 1.29 is 19.2 Å². The Kier molecular flexibility index (Phi) is 7.21. The van der Waals surface area contributed by atoms with Crippen molar-refractivity contribution in [3.05, 3.63) is 80.9 Å². The number of nitro groups is 1. The highest BCUT2D eigenvalue weighted by molar-refractivity contribution is 6.31. The molecule has 4 rings (SSSR count). The van der Waals surface area contributed by atoms with E-state index in [0.717, 1.165) is 10.8 Å². The first-order valence-electron chi connectivity index (χ1n) is 11.3. The van der Waals surface area contributed by atoms with E-state index in [-0.39, 0.29) is 30.0 Å². The highest BCUT2D eigenvalue weighted by Crippen LogP contribution is 2.30. The quantitative estimate of drug-likeness (QED) is 0.357. The number of carbonyl (C=O) groups excluding carboxylic acids is 2. The van der Waals surface area contributed by atoms with Gasteiger partial charge in [0.15, 0.2) is 0 Å². The third-order valence-corrected chi connectivity index (χ3v) is 6.86. The summed E-state index contributed by atoms with van der Waals surface area (Å²) in [7, 11) is 3.27. The molecule has 1 aliphatic heterocycles. The van der Waals surface area contributed by atoms with Gasteiger partial charge in [0, 0.05) is 60.7 Å². The number of rotatable bonds is 6. The molecule has 0 spiro atoms. The zero-order valence-corrected chi connectivity index (χ0v) is 20.3. The zero-order chi connectivity index (χ0) is 25.1. The summed E-state index contributed by atoms with van der Waals surface area (Å²) < 4.78 is 5.43. The molecule has 0 saturated carbocycles. The molecule has 0 unspecified atom stereocenters. The lowest BCUT2D eigenvalue weighted by Crippen LogP contribution is -2.43. The Labute approximate surface area is 208 Å². The number of carbonyl (C=O) groups is 2. The van der Waals surface area contributed by atoms with Crippen LogP contribution in [0.2, 0.25) is 5.02 Å². The molecule has 3 aromatic carbocycles. The van der Waals surface area contributed by atoms with Gasteiger partial charge in [-0.2, -0.15) is 0 Å². The number of nitrogens with zero attached hydrogens (tertiary/aromatic N) is 3. The number of likely N-dealkylation sites (tertiary alicyclic amines) is 1. The van der Waals surface area contributed by atoms with Gasteiger partial charge in [-0.3, -0.25) is 19.7 Å². The molecule has 35 heavy (non-hydrogen) atoms. The van der Waals surface area contributed by atoms with Crippen LogP contribution in [0.1, 0.15) is 28.8 Å². The minimum atomic E-state index is -0.486. The number of methoxy groups -OCH3 is 1. The van der Waals surface area contributed by atoms with Crippen LogP contribution in [-0.2, 0) is 11.3 Å². The summed E-state index contributed by atoms with van der Waals surface area (Å²) in [5.74, 6) is 0.364. The summed E-state index contributed by atoms with van der Waals surface area (Å²) in [5.41, 5.74) is 1.07. The SMILES string of the molecule is COc1ccc(C(=O)N2CCC(C(=O)N(C)Cc3cc([N+](=O)[O-])ccc3Cl)CC2)c2ccccc12. The molecule has 0 radical (unpaired) electrons. The van der Waals surface area contributed by atoms with Crippen LogP contribution in [0, 0.1) is 16.0 Å². The lowest BCUT2D eigenvalue weighted by Gasteiger charge is -2.33. The molecule has 182 valence electrons. The Morgan fingerprint density at radius 1 is 1.11 bits per heavy atom. The van der Waals surface area contributed by atoms with E-state index in [0.29, 0.717) is 47.8 Å². The predicted molar refractivity (Wildman–Crippen MR) is 134 cm³/mol. The van der Waals surface area contributed by atoms with Crippen molar-refractivity contribution >= 4 is 39.9 Å². The highest BCUT2D eigenvalue weighted by Gasteiger charge is 2.30. The van der Waals surface area contributed by atoms with E-state index < -0.39 is 4.92 Å². The van der Waals surface area contributed by atoms with Gasteiger partial charge in [-0.05, 0) is 42.0 Å². The minimum absolute atomic E-state index is 0.0606. The molecule has 8 nitrogen and oxygen atoms in total. The average Bonchev–Trinajstić information content (AvgIpc) is 2.88. The monoisotopic (exact) mass is 495 g/mol. The largest absolute Gasteiger partial charge is 0.496 e. The Morgan fingerprint density at radius 2 is 1.80 bits per heavy atom. The van der Waals surface area contributed by atoms with E-state index >= 15 is 0 Å². The summed E-state index contributed by atoms with van der Waals surface area (Å²) in [4.78, 5) is 40.3. The molecule has 1 heterocycles. The fourth-order valence-corrected chi connectivity index (χ4v) is 4.75. The molecular formula is C26H26ClN3O5. The zero-order valence-electron chi connectivity index (χ0n) is 19.6. The van der Waals surface area contributed by atoms with Gasteiger partial charge in [0.1, 0.15) is 5.75 Å². The minimum Gasteiger partial charge on any atom is -0.496 e. The van der Waals surface area contributed by atoms with Gasteiger partial charge >= 0.3 is 0 Å². The maximum absolute atomic E-state index is 13.3. The molecule has 1 saturated heterocycles.